The van der Waals surface area contributed by atoms with E-state index in [2.05, 4.69) is 39.2 Å². The van der Waals surface area contributed by atoms with Gasteiger partial charge in [0.25, 0.3) is 0 Å². The van der Waals surface area contributed by atoms with Crippen molar-refractivity contribution in [1.29, 1.82) is 0 Å². The number of nitrogens with zero attached hydrogens (tertiary/aromatic N) is 3. The Bertz CT molecular complexity index is 529. The molecule has 1 aliphatic carbocycles. The van der Waals surface area contributed by atoms with Crippen LogP contribution in [0.1, 0.15) is 49.9 Å². The highest BCUT2D eigenvalue weighted by Crippen LogP contribution is 2.26. The van der Waals surface area contributed by atoms with Crippen molar-refractivity contribution in [3.05, 3.63) is 17.5 Å². The number of hydrogen-bond acceptors (Lipinski definition) is 4. The topological polar surface area (TPSA) is 64.3 Å². The number of aromatic amines is 1. The fourth-order valence-electron chi connectivity index (χ4n) is 3.97. The molecule has 2 N–H and O–H groups in total. The second-order valence-electron chi connectivity index (χ2n) is 7.27. The molecule has 6 heteroatoms. The van der Waals surface area contributed by atoms with E-state index in [-0.39, 0.29) is 0 Å². The molecule has 1 aromatic rings. The lowest BCUT2D eigenvalue weighted by molar-refractivity contribution is -0.137. The molecule has 1 saturated carbocycles. The number of carbonyl (C=O) groups is 1. The van der Waals surface area contributed by atoms with Gasteiger partial charge in [0, 0.05) is 62.5 Å². The Morgan fingerprint density at radius 3 is 2.67 bits per heavy atom. The van der Waals surface area contributed by atoms with Gasteiger partial charge >= 0.3 is 0 Å². The van der Waals surface area contributed by atoms with Crippen LogP contribution in [0.4, 0.5) is 0 Å². The summed E-state index contributed by atoms with van der Waals surface area (Å²) in [6, 6.07) is 0.314. The first-order valence-corrected chi connectivity index (χ1v) is 9.39. The van der Waals surface area contributed by atoms with Gasteiger partial charge in [-0.1, -0.05) is 12.8 Å². The number of aromatic nitrogens is 2. The smallest absolute Gasteiger partial charge is 0.225 e. The molecule has 2 fully saturated rings. The summed E-state index contributed by atoms with van der Waals surface area (Å²) in [7, 11) is 0. The molecule has 2 aliphatic rings. The minimum absolute atomic E-state index is 0.314. The van der Waals surface area contributed by atoms with E-state index in [1.54, 1.807) is 0 Å². The monoisotopic (exact) mass is 333 g/mol. The quantitative estimate of drug-likeness (QED) is 0.832. The first-order valence-electron chi connectivity index (χ1n) is 9.39. The fourth-order valence-corrected chi connectivity index (χ4v) is 3.97. The molecule has 1 saturated heterocycles. The predicted molar refractivity (Wildman–Crippen MR) is 94.7 cm³/mol. The van der Waals surface area contributed by atoms with Crippen LogP contribution in [0.5, 0.6) is 0 Å². The normalized spacial score (nSPS) is 21.3. The highest BCUT2D eigenvalue weighted by atomic mass is 16.2. The zero-order valence-corrected chi connectivity index (χ0v) is 15.1. The maximum atomic E-state index is 12.5. The molecule has 134 valence electrons. The van der Waals surface area contributed by atoms with Gasteiger partial charge in [0.15, 0.2) is 0 Å². The summed E-state index contributed by atoms with van der Waals surface area (Å²) in [4.78, 5) is 17.0. The Hall–Kier alpha value is -1.40. The van der Waals surface area contributed by atoms with E-state index >= 15 is 0 Å². The summed E-state index contributed by atoms with van der Waals surface area (Å²) in [6.07, 6.45) is 6.58. The van der Waals surface area contributed by atoms with Gasteiger partial charge < -0.3 is 10.2 Å². The summed E-state index contributed by atoms with van der Waals surface area (Å²) < 4.78 is 0. The standard InChI is InChI=1S/C18H31N5O/c1-14(17-13-20-21-15(17)2)19-7-8-22-9-11-23(12-10-22)18(24)16-5-3-4-6-16/h13-14,16,19H,3-12H2,1-2H3,(H,20,21). The molecule has 1 atom stereocenters. The number of H-pyrrole nitrogens is 1. The number of rotatable bonds is 6. The van der Waals surface area contributed by atoms with Gasteiger partial charge in [-0.15, -0.1) is 0 Å². The minimum atomic E-state index is 0.314. The minimum Gasteiger partial charge on any atom is -0.340 e. The molecule has 6 nitrogen and oxygen atoms in total. The van der Waals surface area contributed by atoms with Crippen molar-refractivity contribution >= 4 is 5.91 Å². The third kappa shape index (κ3) is 4.16. The number of nitrogens with one attached hydrogen (secondary N) is 2. The van der Waals surface area contributed by atoms with E-state index in [9.17, 15) is 4.79 Å². The van der Waals surface area contributed by atoms with Gasteiger partial charge in [-0.3, -0.25) is 14.8 Å². The van der Waals surface area contributed by atoms with Crippen molar-refractivity contribution < 1.29 is 4.79 Å². The molecule has 0 spiro atoms. The van der Waals surface area contributed by atoms with Crippen LogP contribution in [0.3, 0.4) is 0 Å². The van der Waals surface area contributed by atoms with Crippen LogP contribution in [-0.4, -0.2) is 65.2 Å². The van der Waals surface area contributed by atoms with Gasteiger partial charge in [-0.25, -0.2) is 0 Å². The lowest BCUT2D eigenvalue weighted by Gasteiger charge is -2.36. The Labute approximate surface area is 145 Å². The predicted octanol–water partition coefficient (Wildman–Crippen LogP) is 1.70. The fraction of sp³-hybridized carbons (Fsp3) is 0.778. The SMILES string of the molecule is Cc1[nH]ncc1C(C)NCCN1CCN(C(=O)C2CCCC2)CC1. The van der Waals surface area contributed by atoms with Crippen LogP contribution in [-0.2, 0) is 4.79 Å². The summed E-state index contributed by atoms with van der Waals surface area (Å²) in [6.45, 7) is 10.0. The molecular weight excluding hydrogens is 302 g/mol. The van der Waals surface area contributed by atoms with Crippen molar-refractivity contribution in [1.82, 2.24) is 25.3 Å². The van der Waals surface area contributed by atoms with Crippen LogP contribution in [0.25, 0.3) is 0 Å². The third-order valence-electron chi connectivity index (χ3n) is 5.60. The molecule has 0 radical (unpaired) electrons. The van der Waals surface area contributed by atoms with Crippen molar-refractivity contribution in [2.75, 3.05) is 39.3 Å². The van der Waals surface area contributed by atoms with Gasteiger partial charge in [-0.2, -0.15) is 5.10 Å². The summed E-state index contributed by atoms with van der Waals surface area (Å²) in [5.74, 6) is 0.728. The molecule has 24 heavy (non-hydrogen) atoms. The van der Waals surface area contributed by atoms with E-state index in [1.807, 2.05) is 6.20 Å². The van der Waals surface area contributed by atoms with E-state index < -0.39 is 0 Å². The highest BCUT2D eigenvalue weighted by Gasteiger charge is 2.29. The van der Waals surface area contributed by atoms with Crippen LogP contribution >= 0.6 is 0 Å². The molecule has 0 bridgehead atoms. The summed E-state index contributed by atoms with van der Waals surface area (Å²) in [5.41, 5.74) is 2.37. The Balaban J connectivity index is 1.35. The van der Waals surface area contributed by atoms with Crippen LogP contribution < -0.4 is 5.32 Å². The zero-order valence-electron chi connectivity index (χ0n) is 15.1. The van der Waals surface area contributed by atoms with Crippen LogP contribution in [0.2, 0.25) is 0 Å². The number of hydrogen-bond donors (Lipinski definition) is 2. The first kappa shape index (κ1) is 17.4. The van der Waals surface area contributed by atoms with Crippen molar-refractivity contribution in [3.8, 4) is 0 Å². The molecule has 1 unspecified atom stereocenters. The van der Waals surface area contributed by atoms with Crippen molar-refractivity contribution in [2.45, 2.75) is 45.6 Å². The molecule has 2 heterocycles. The van der Waals surface area contributed by atoms with Crippen LogP contribution in [0.15, 0.2) is 6.20 Å². The maximum Gasteiger partial charge on any atom is 0.225 e. The largest absolute Gasteiger partial charge is 0.340 e. The molecule has 1 amide bonds. The molecule has 0 aromatic carbocycles. The van der Waals surface area contributed by atoms with E-state index in [4.69, 9.17) is 0 Å². The van der Waals surface area contributed by atoms with E-state index in [1.165, 1.54) is 18.4 Å². The highest BCUT2D eigenvalue weighted by molar-refractivity contribution is 5.79. The van der Waals surface area contributed by atoms with Crippen LogP contribution in [0, 0.1) is 12.8 Å². The Kier molecular flexibility index (Phi) is 5.89. The maximum absolute atomic E-state index is 12.5. The average molecular weight is 333 g/mol. The molecule has 3 rings (SSSR count). The lowest BCUT2D eigenvalue weighted by Crippen LogP contribution is -2.51. The molecule has 1 aromatic heterocycles. The number of aryl methyl sites for hydroxylation is 1. The first-order chi connectivity index (χ1) is 11.6. The lowest BCUT2D eigenvalue weighted by atomic mass is 10.1. The van der Waals surface area contributed by atoms with Gasteiger partial charge in [0.1, 0.15) is 0 Å². The van der Waals surface area contributed by atoms with Gasteiger partial charge in [0.2, 0.25) is 5.91 Å². The third-order valence-corrected chi connectivity index (χ3v) is 5.60. The second-order valence-corrected chi connectivity index (χ2v) is 7.27. The van der Waals surface area contributed by atoms with Gasteiger partial charge in [0.05, 0.1) is 6.20 Å². The van der Waals surface area contributed by atoms with Gasteiger partial charge in [-0.05, 0) is 26.7 Å². The van der Waals surface area contributed by atoms with Crippen molar-refractivity contribution in [2.24, 2.45) is 5.92 Å². The summed E-state index contributed by atoms with van der Waals surface area (Å²) in [5, 5.41) is 10.6. The number of piperazine rings is 1. The Morgan fingerprint density at radius 2 is 2.04 bits per heavy atom. The number of carbonyl (C=O) groups excluding carboxylic acids is 1. The Morgan fingerprint density at radius 1 is 1.33 bits per heavy atom. The second kappa shape index (κ2) is 8.12. The summed E-state index contributed by atoms with van der Waals surface area (Å²) >= 11 is 0. The van der Waals surface area contributed by atoms with Crippen molar-refractivity contribution in [3.63, 3.8) is 0 Å². The van der Waals surface area contributed by atoms with E-state index in [0.29, 0.717) is 17.9 Å². The average Bonchev–Trinajstić information content (AvgIpc) is 3.26. The van der Waals surface area contributed by atoms with E-state index in [0.717, 1.165) is 57.8 Å². The number of amides is 1. The molecule has 1 aliphatic heterocycles. The zero-order chi connectivity index (χ0) is 16.9. The molecular formula is C18H31N5O.